The minimum Gasteiger partial charge on any atom is -0.392 e. The number of piperidine rings is 1. The van der Waals surface area contributed by atoms with Crippen molar-refractivity contribution < 1.29 is 9.90 Å². The number of rotatable bonds is 3. The van der Waals surface area contributed by atoms with Crippen LogP contribution in [0.4, 0.5) is 5.69 Å². The van der Waals surface area contributed by atoms with E-state index < -0.39 is 0 Å². The highest BCUT2D eigenvalue weighted by atomic mass is 16.3. The quantitative estimate of drug-likeness (QED) is 0.909. The largest absolute Gasteiger partial charge is 0.392 e. The lowest BCUT2D eigenvalue weighted by Gasteiger charge is -2.40. The number of amides is 1. The van der Waals surface area contributed by atoms with Crippen LogP contribution in [-0.2, 0) is 4.79 Å². The van der Waals surface area contributed by atoms with Crippen LogP contribution in [0.2, 0.25) is 0 Å². The highest BCUT2D eigenvalue weighted by Gasteiger charge is 2.30. The number of likely N-dealkylation sites (tertiary alicyclic amines) is 1. The third kappa shape index (κ3) is 3.85. The van der Waals surface area contributed by atoms with Crippen molar-refractivity contribution >= 4 is 11.6 Å². The number of hydrogen-bond acceptors (Lipinski definition) is 4. The first-order valence-electron chi connectivity index (χ1n) is 8.66. The minimum absolute atomic E-state index is 0.131. The van der Waals surface area contributed by atoms with Crippen molar-refractivity contribution in [2.75, 3.05) is 44.2 Å². The van der Waals surface area contributed by atoms with Gasteiger partial charge in [0.1, 0.15) is 0 Å². The van der Waals surface area contributed by atoms with Crippen LogP contribution in [0.25, 0.3) is 0 Å². The van der Waals surface area contributed by atoms with E-state index in [9.17, 15) is 9.90 Å². The molecule has 2 fully saturated rings. The van der Waals surface area contributed by atoms with Gasteiger partial charge in [-0.3, -0.25) is 9.69 Å². The molecule has 1 amide bonds. The van der Waals surface area contributed by atoms with Crippen molar-refractivity contribution in [3.05, 3.63) is 30.3 Å². The Bertz CT molecular complexity index is 514. The summed E-state index contributed by atoms with van der Waals surface area (Å²) in [6.07, 6.45) is 1.54. The Morgan fingerprint density at radius 3 is 2.48 bits per heavy atom. The number of para-hydroxylation sites is 1. The van der Waals surface area contributed by atoms with Gasteiger partial charge >= 0.3 is 0 Å². The number of anilines is 1. The van der Waals surface area contributed by atoms with Gasteiger partial charge in [0.05, 0.1) is 12.1 Å². The van der Waals surface area contributed by atoms with Crippen molar-refractivity contribution in [2.45, 2.75) is 31.9 Å². The molecule has 0 aromatic heterocycles. The molecule has 1 aromatic carbocycles. The smallest absolute Gasteiger partial charge is 0.239 e. The summed E-state index contributed by atoms with van der Waals surface area (Å²) >= 11 is 0. The molecule has 2 aliphatic heterocycles. The molecular weight excluding hydrogens is 290 g/mol. The lowest BCUT2D eigenvalue weighted by molar-refractivity contribution is -0.137. The fourth-order valence-electron chi connectivity index (χ4n) is 3.58. The molecule has 2 aliphatic rings. The zero-order valence-electron chi connectivity index (χ0n) is 13.9. The van der Waals surface area contributed by atoms with Crippen molar-refractivity contribution in [1.82, 2.24) is 9.80 Å². The van der Waals surface area contributed by atoms with E-state index >= 15 is 0 Å². The highest BCUT2D eigenvalue weighted by Crippen LogP contribution is 2.18. The maximum Gasteiger partial charge on any atom is 0.239 e. The summed E-state index contributed by atoms with van der Waals surface area (Å²) < 4.78 is 0. The number of nitrogens with zero attached hydrogens (tertiary/aromatic N) is 3. The summed E-state index contributed by atoms with van der Waals surface area (Å²) in [5.41, 5.74) is 1.23. The Labute approximate surface area is 138 Å². The molecule has 126 valence electrons. The average molecular weight is 317 g/mol. The summed E-state index contributed by atoms with van der Waals surface area (Å²) in [7, 11) is 0. The zero-order chi connectivity index (χ0) is 16.2. The van der Waals surface area contributed by atoms with Crippen molar-refractivity contribution in [2.24, 2.45) is 0 Å². The van der Waals surface area contributed by atoms with Gasteiger partial charge in [-0.15, -0.1) is 0 Å². The molecule has 2 atom stereocenters. The van der Waals surface area contributed by atoms with Crippen LogP contribution < -0.4 is 4.90 Å². The lowest BCUT2D eigenvalue weighted by Crippen LogP contribution is -2.56. The molecule has 2 saturated heterocycles. The van der Waals surface area contributed by atoms with E-state index in [1.54, 1.807) is 0 Å². The molecule has 5 heteroatoms. The van der Waals surface area contributed by atoms with Crippen molar-refractivity contribution in [3.63, 3.8) is 0 Å². The van der Waals surface area contributed by atoms with Gasteiger partial charge in [0.15, 0.2) is 0 Å². The van der Waals surface area contributed by atoms with Crippen LogP contribution >= 0.6 is 0 Å². The Morgan fingerprint density at radius 2 is 1.83 bits per heavy atom. The molecule has 1 aromatic rings. The first kappa shape index (κ1) is 16.3. The second-order valence-corrected chi connectivity index (χ2v) is 6.61. The van der Waals surface area contributed by atoms with Crippen LogP contribution in [0.1, 0.15) is 19.8 Å². The third-order valence-corrected chi connectivity index (χ3v) is 5.05. The topological polar surface area (TPSA) is 47.0 Å². The summed E-state index contributed by atoms with van der Waals surface area (Å²) in [4.78, 5) is 19.2. The Balaban J connectivity index is 1.53. The van der Waals surface area contributed by atoms with Crippen LogP contribution in [0.15, 0.2) is 30.3 Å². The van der Waals surface area contributed by atoms with Gasteiger partial charge in [-0.05, 0) is 38.4 Å². The molecule has 0 unspecified atom stereocenters. The number of piperazine rings is 1. The Morgan fingerprint density at radius 1 is 1.13 bits per heavy atom. The monoisotopic (exact) mass is 317 g/mol. The second kappa shape index (κ2) is 7.32. The van der Waals surface area contributed by atoms with Crippen LogP contribution in [0, 0.1) is 0 Å². The number of aliphatic hydroxyl groups is 1. The standard InChI is InChI=1S/C18H27N3O2/c1-15(21-9-5-8-17(22)14-21)18(23)20-12-10-19(11-13-20)16-6-3-2-4-7-16/h2-4,6-7,15,17,22H,5,8-14H2,1H3/t15-,17-/m0/s1. The predicted molar refractivity (Wildman–Crippen MR) is 91.5 cm³/mol. The van der Waals surface area contributed by atoms with E-state index in [1.807, 2.05) is 17.9 Å². The van der Waals surface area contributed by atoms with Gasteiger partial charge in [0.25, 0.3) is 0 Å². The Hall–Kier alpha value is -1.59. The molecule has 5 nitrogen and oxygen atoms in total. The molecule has 0 saturated carbocycles. The van der Waals surface area contributed by atoms with Crippen molar-refractivity contribution in [3.8, 4) is 0 Å². The first-order valence-corrected chi connectivity index (χ1v) is 8.66. The average Bonchev–Trinajstić information content (AvgIpc) is 2.61. The van der Waals surface area contributed by atoms with E-state index in [0.717, 1.165) is 45.6 Å². The summed E-state index contributed by atoms with van der Waals surface area (Å²) in [5.74, 6) is 0.201. The summed E-state index contributed by atoms with van der Waals surface area (Å²) in [5, 5.41) is 9.81. The first-order chi connectivity index (χ1) is 11.1. The number of carbonyl (C=O) groups excluding carboxylic acids is 1. The molecule has 2 heterocycles. The van der Waals surface area contributed by atoms with E-state index in [1.165, 1.54) is 5.69 Å². The number of β-amino-alcohol motifs (C(OH)–C–C–N with tert-alkyl or cyclic N) is 1. The van der Waals surface area contributed by atoms with E-state index in [2.05, 4.69) is 34.1 Å². The summed E-state index contributed by atoms with van der Waals surface area (Å²) in [6.45, 7) is 6.81. The summed E-state index contributed by atoms with van der Waals surface area (Å²) in [6, 6.07) is 10.2. The zero-order valence-corrected chi connectivity index (χ0v) is 13.9. The predicted octanol–water partition coefficient (Wildman–Crippen LogP) is 1.18. The maximum absolute atomic E-state index is 12.7. The molecule has 0 bridgehead atoms. The van der Waals surface area contributed by atoms with Gasteiger partial charge in [0, 0.05) is 38.4 Å². The van der Waals surface area contributed by atoms with Gasteiger partial charge in [-0.25, -0.2) is 0 Å². The van der Waals surface area contributed by atoms with Crippen LogP contribution in [0.5, 0.6) is 0 Å². The van der Waals surface area contributed by atoms with Crippen LogP contribution in [-0.4, -0.2) is 72.2 Å². The molecule has 3 rings (SSSR count). The van der Waals surface area contributed by atoms with E-state index in [0.29, 0.717) is 6.54 Å². The number of benzene rings is 1. The molecule has 0 aliphatic carbocycles. The SMILES string of the molecule is C[C@@H](C(=O)N1CCN(c2ccccc2)CC1)N1CCC[C@H](O)C1. The Kier molecular flexibility index (Phi) is 5.18. The van der Waals surface area contributed by atoms with E-state index in [-0.39, 0.29) is 18.1 Å². The lowest BCUT2D eigenvalue weighted by atomic mass is 10.1. The van der Waals surface area contributed by atoms with Gasteiger partial charge in [0.2, 0.25) is 5.91 Å². The molecular formula is C18H27N3O2. The van der Waals surface area contributed by atoms with Gasteiger partial charge in [-0.1, -0.05) is 18.2 Å². The minimum atomic E-state index is -0.283. The normalized spacial score (nSPS) is 24.5. The number of carbonyl (C=O) groups is 1. The fourth-order valence-corrected chi connectivity index (χ4v) is 3.58. The number of aliphatic hydroxyl groups excluding tert-OH is 1. The molecule has 1 N–H and O–H groups in total. The molecule has 0 spiro atoms. The van der Waals surface area contributed by atoms with Gasteiger partial charge < -0.3 is 14.9 Å². The molecule has 0 radical (unpaired) electrons. The van der Waals surface area contributed by atoms with E-state index in [4.69, 9.17) is 0 Å². The maximum atomic E-state index is 12.7. The van der Waals surface area contributed by atoms with Crippen molar-refractivity contribution in [1.29, 1.82) is 0 Å². The highest BCUT2D eigenvalue weighted by molar-refractivity contribution is 5.81. The fraction of sp³-hybridized carbons (Fsp3) is 0.611. The third-order valence-electron chi connectivity index (χ3n) is 5.05. The van der Waals surface area contributed by atoms with Gasteiger partial charge in [-0.2, -0.15) is 0 Å². The second-order valence-electron chi connectivity index (χ2n) is 6.61. The van der Waals surface area contributed by atoms with Crippen LogP contribution in [0.3, 0.4) is 0 Å². The molecule has 23 heavy (non-hydrogen) atoms. The number of hydrogen-bond donors (Lipinski definition) is 1.